The number of nitrogens with zero attached hydrogens (tertiary/aromatic N) is 1. The Hall–Kier alpha value is -1.23. The van der Waals surface area contributed by atoms with Crippen LogP contribution in [0.5, 0.6) is 5.75 Å². The van der Waals surface area contributed by atoms with Gasteiger partial charge in [-0.2, -0.15) is 13.2 Å². The van der Waals surface area contributed by atoms with Crippen LogP contribution in [-0.4, -0.2) is 31.3 Å². The largest absolute Gasteiger partial charge is 0.494 e. The normalized spacial score (nSPS) is 11.9. The van der Waals surface area contributed by atoms with E-state index in [-0.39, 0.29) is 6.54 Å². The van der Waals surface area contributed by atoms with Crippen molar-refractivity contribution in [3.63, 3.8) is 0 Å². The third kappa shape index (κ3) is 4.96. The molecule has 0 unspecified atom stereocenters. The van der Waals surface area contributed by atoms with E-state index in [1.54, 1.807) is 12.1 Å². The molecule has 0 aromatic heterocycles. The van der Waals surface area contributed by atoms with Gasteiger partial charge in [-0.1, -0.05) is 12.1 Å². The molecule has 1 rings (SSSR count). The molecule has 0 radical (unpaired) electrons. The molecule has 0 heterocycles. The molecule has 18 heavy (non-hydrogen) atoms. The second-order valence-corrected chi connectivity index (χ2v) is 4.32. The number of benzene rings is 1. The quantitative estimate of drug-likeness (QED) is 0.805. The van der Waals surface area contributed by atoms with E-state index in [1.165, 1.54) is 11.9 Å². The van der Waals surface area contributed by atoms with Crippen molar-refractivity contribution in [2.75, 3.05) is 20.2 Å². The van der Waals surface area contributed by atoms with Crippen molar-refractivity contribution in [1.82, 2.24) is 4.90 Å². The lowest BCUT2D eigenvalue weighted by Crippen LogP contribution is -2.30. The average Bonchev–Trinajstić information content (AvgIpc) is 2.19. The summed E-state index contributed by atoms with van der Waals surface area (Å²) in [4.78, 5) is 1.25. The molecule has 1 aromatic carbocycles. The van der Waals surface area contributed by atoms with E-state index in [4.69, 9.17) is 4.74 Å². The summed E-state index contributed by atoms with van der Waals surface area (Å²) in [6, 6.07) is 5.46. The van der Waals surface area contributed by atoms with Crippen LogP contribution in [0.2, 0.25) is 0 Å². The third-order valence-corrected chi connectivity index (χ3v) is 2.44. The predicted octanol–water partition coefficient (Wildman–Crippen LogP) is 3.39. The summed E-state index contributed by atoms with van der Waals surface area (Å²) in [6.07, 6.45) is -4.16. The SMILES string of the molecule is CCOc1ccc(CN(C)CC(F)(F)F)cc1C. The molecular formula is C13H18F3NO. The summed E-state index contributed by atoms with van der Waals surface area (Å²) in [5.41, 5.74) is 1.79. The van der Waals surface area contributed by atoms with Gasteiger partial charge in [0.05, 0.1) is 13.2 Å². The highest BCUT2D eigenvalue weighted by atomic mass is 19.4. The molecule has 0 saturated carbocycles. The number of ether oxygens (including phenoxy) is 1. The first-order valence-corrected chi connectivity index (χ1v) is 5.79. The second kappa shape index (κ2) is 6.09. The van der Waals surface area contributed by atoms with E-state index in [2.05, 4.69) is 0 Å². The van der Waals surface area contributed by atoms with E-state index in [0.717, 1.165) is 16.9 Å². The fraction of sp³-hybridized carbons (Fsp3) is 0.538. The summed E-state index contributed by atoms with van der Waals surface area (Å²) >= 11 is 0. The average molecular weight is 261 g/mol. The van der Waals surface area contributed by atoms with Crippen molar-refractivity contribution in [2.24, 2.45) is 0 Å². The van der Waals surface area contributed by atoms with E-state index in [0.29, 0.717) is 6.61 Å². The fourth-order valence-corrected chi connectivity index (χ4v) is 1.80. The molecule has 0 aliphatic carbocycles. The maximum atomic E-state index is 12.2. The maximum absolute atomic E-state index is 12.2. The lowest BCUT2D eigenvalue weighted by atomic mass is 10.1. The molecule has 0 aliphatic rings. The standard InChI is InChI=1S/C13H18F3NO/c1-4-18-12-6-5-11(7-10(12)2)8-17(3)9-13(14,15)16/h5-7H,4,8-9H2,1-3H3. The summed E-state index contributed by atoms with van der Waals surface area (Å²) in [6.45, 7) is 3.73. The highest BCUT2D eigenvalue weighted by Gasteiger charge is 2.29. The minimum Gasteiger partial charge on any atom is -0.494 e. The second-order valence-electron chi connectivity index (χ2n) is 4.32. The third-order valence-electron chi connectivity index (χ3n) is 2.44. The molecular weight excluding hydrogens is 243 g/mol. The van der Waals surface area contributed by atoms with Gasteiger partial charge < -0.3 is 4.74 Å². The van der Waals surface area contributed by atoms with Crippen LogP contribution in [0.1, 0.15) is 18.1 Å². The number of alkyl halides is 3. The first-order chi connectivity index (χ1) is 8.31. The smallest absolute Gasteiger partial charge is 0.401 e. The van der Waals surface area contributed by atoms with Crippen molar-refractivity contribution in [3.05, 3.63) is 29.3 Å². The Morgan fingerprint density at radius 2 is 1.94 bits per heavy atom. The summed E-state index contributed by atoms with van der Waals surface area (Å²) in [5.74, 6) is 0.778. The first-order valence-electron chi connectivity index (χ1n) is 5.79. The topological polar surface area (TPSA) is 12.5 Å². The van der Waals surface area contributed by atoms with Gasteiger partial charge in [0.25, 0.3) is 0 Å². The van der Waals surface area contributed by atoms with E-state index in [1.807, 2.05) is 19.9 Å². The van der Waals surface area contributed by atoms with Gasteiger partial charge in [-0.05, 0) is 38.1 Å². The molecule has 0 N–H and O–H groups in total. The van der Waals surface area contributed by atoms with Crippen LogP contribution in [0.15, 0.2) is 18.2 Å². The molecule has 1 aromatic rings. The monoisotopic (exact) mass is 261 g/mol. The molecule has 102 valence electrons. The Bertz CT molecular complexity index is 390. The van der Waals surface area contributed by atoms with Crippen molar-refractivity contribution in [3.8, 4) is 5.75 Å². The Balaban J connectivity index is 2.65. The number of halogens is 3. The summed E-state index contributed by atoms with van der Waals surface area (Å²) in [7, 11) is 1.46. The molecule has 2 nitrogen and oxygen atoms in total. The number of hydrogen-bond acceptors (Lipinski definition) is 2. The highest BCUT2D eigenvalue weighted by molar-refractivity contribution is 5.36. The van der Waals surface area contributed by atoms with Crippen molar-refractivity contribution in [1.29, 1.82) is 0 Å². The van der Waals surface area contributed by atoms with Gasteiger partial charge in [-0.3, -0.25) is 4.90 Å². The van der Waals surface area contributed by atoms with Gasteiger partial charge >= 0.3 is 6.18 Å². The van der Waals surface area contributed by atoms with Crippen LogP contribution in [-0.2, 0) is 6.54 Å². The molecule has 5 heteroatoms. The highest BCUT2D eigenvalue weighted by Crippen LogP contribution is 2.21. The van der Waals surface area contributed by atoms with Gasteiger partial charge in [0.15, 0.2) is 0 Å². The molecule has 0 spiro atoms. The fourth-order valence-electron chi connectivity index (χ4n) is 1.80. The van der Waals surface area contributed by atoms with Crippen LogP contribution in [0.4, 0.5) is 13.2 Å². The van der Waals surface area contributed by atoms with E-state index in [9.17, 15) is 13.2 Å². The van der Waals surface area contributed by atoms with Crippen LogP contribution in [0, 0.1) is 6.92 Å². The number of rotatable bonds is 5. The van der Waals surface area contributed by atoms with E-state index < -0.39 is 12.7 Å². The molecule has 0 saturated heterocycles. The lowest BCUT2D eigenvalue weighted by Gasteiger charge is -2.19. The Kier molecular flexibility index (Phi) is 5.02. The first kappa shape index (κ1) is 14.8. The molecule has 0 fully saturated rings. The van der Waals surface area contributed by atoms with Crippen LogP contribution in [0.3, 0.4) is 0 Å². The zero-order valence-corrected chi connectivity index (χ0v) is 10.8. The Morgan fingerprint density at radius 1 is 1.28 bits per heavy atom. The minimum absolute atomic E-state index is 0.271. The van der Waals surface area contributed by atoms with Crippen LogP contribution in [0.25, 0.3) is 0 Å². The minimum atomic E-state index is -4.16. The molecule has 0 aliphatic heterocycles. The van der Waals surface area contributed by atoms with Gasteiger partial charge in [0.1, 0.15) is 5.75 Å². The van der Waals surface area contributed by atoms with Crippen LogP contribution < -0.4 is 4.74 Å². The molecule has 0 amide bonds. The van der Waals surface area contributed by atoms with Crippen molar-refractivity contribution >= 4 is 0 Å². The predicted molar refractivity (Wildman–Crippen MR) is 64.7 cm³/mol. The zero-order chi connectivity index (χ0) is 13.8. The van der Waals surface area contributed by atoms with Crippen LogP contribution >= 0.6 is 0 Å². The molecule has 0 atom stereocenters. The van der Waals surface area contributed by atoms with Gasteiger partial charge in [0, 0.05) is 6.54 Å². The van der Waals surface area contributed by atoms with Crippen molar-refractivity contribution < 1.29 is 17.9 Å². The van der Waals surface area contributed by atoms with Gasteiger partial charge in [-0.15, -0.1) is 0 Å². The number of hydrogen-bond donors (Lipinski definition) is 0. The lowest BCUT2D eigenvalue weighted by molar-refractivity contribution is -0.144. The van der Waals surface area contributed by atoms with Gasteiger partial charge in [-0.25, -0.2) is 0 Å². The molecule has 0 bridgehead atoms. The Labute approximate surface area is 105 Å². The maximum Gasteiger partial charge on any atom is 0.401 e. The summed E-state index contributed by atoms with van der Waals surface area (Å²) < 4.78 is 42.0. The van der Waals surface area contributed by atoms with Gasteiger partial charge in [0.2, 0.25) is 0 Å². The number of aryl methyl sites for hydroxylation is 1. The zero-order valence-electron chi connectivity index (χ0n) is 10.8. The van der Waals surface area contributed by atoms with E-state index >= 15 is 0 Å². The van der Waals surface area contributed by atoms with Crippen molar-refractivity contribution in [2.45, 2.75) is 26.6 Å². The summed E-state index contributed by atoms with van der Waals surface area (Å²) in [5, 5.41) is 0. The Morgan fingerprint density at radius 3 is 2.44 bits per heavy atom.